The van der Waals surface area contributed by atoms with E-state index in [0.717, 1.165) is 16.8 Å². The van der Waals surface area contributed by atoms with E-state index in [0.29, 0.717) is 24.2 Å². The van der Waals surface area contributed by atoms with E-state index in [1.165, 1.54) is 0 Å². The summed E-state index contributed by atoms with van der Waals surface area (Å²) in [5.74, 6) is -0.278. The highest BCUT2D eigenvalue weighted by Gasteiger charge is 2.17. The molecule has 2 aromatic rings. The van der Waals surface area contributed by atoms with Gasteiger partial charge in [-0.2, -0.15) is 0 Å². The van der Waals surface area contributed by atoms with Crippen LogP contribution in [0.2, 0.25) is 0 Å². The second-order valence-corrected chi connectivity index (χ2v) is 6.44. The van der Waals surface area contributed by atoms with Crippen LogP contribution in [0.1, 0.15) is 40.9 Å². The molecule has 0 saturated heterocycles. The second kappa shape index (κ2) is 7.90. The molecule has 27 heavy (non-hydrogen) atoms. The van der Waals surface area contributed by atoms with E-state index in [1.807, 2.05) is 25.1 Å². The van der Waals surface area contributed by atoms with Crippen molar-refractivity contribution in [2.24, 2.45) is 5.73 Å². The Balaban J connectivity index is 1.63. The predicted octanol–water partition coefficient (Wildman–Crippen LogP) is 1.93. The van der Waals surface area contributed by atoms with Gasteiger partial charge in [-0.05, 0) is 54.8 Å². The third kappa shape index (κ3) is 4.63. The van der Waals surface area contributed by atoms with Crippen LogP contribution in [0.3, 0.4) is 0 Å². The van der Waals surface area contributed by atoms with Gasteiger partial charge in [-0.25, -0.2) is 0 Å². The van der Waals surface area contributed by atoms with Gasteiger partial charge in [-0.3, -0.25) is 14.4 Å². The molecule has 1 unspecified atom stereocenters. The van der Waals surface area contributed by atoms with Gasteiger partial charge >= 0.3 is 0 Å². The van der Waals surface area contributed by atoms with Gasteiger partial charge in [0.2, 0.25) is 5.91 Å². The number of benzene rings is 2. The summed E-state index contributed by atoms with van der Waals surface area (Å²) in [4.78, 5) is 34.6. The first kappa shape index (κ1) is 18.4. The van der Waals surface area contributed by atoms with Gasteiger partial charge < -0.3 is 21.1 Å². The summed E-state index contributed by atoms with van der Waals surface area (Å²) in [6.45, 7) is 1.70. The fourth-order valence-electron chi connectivity index (χ4n) is 2.89. The number of ether oxygens (including phenoxy) is 1. The lowest BCUT2D eigenvalue weighted by Gasteiger charge is -2.20. The highest BCUT2D eigenvalue weighted by Crippen LogP contribution is 2.26. The third-order valence-electron chi connectivity index (χ3n) is 4.37. The van der Waals surface area contributed by atoms with Crippen molar-refractivity contribution < 1.29 is 19.1 Å². The average Bonchev–Trinajstić information content (AvgIpc) is 2.66. The number of nitrogens with two attached hydrogens (primary N) is 1. The summed E-state index contributed by atoms with van der Waals surface area (Å²) in [6, 6.07) is 12.1. The minimum atomic E-state index is -0.560. The summed E-state index contributed by atoms with van der Waals surface area (Å²) >= 11 is 0. The van der Waals surface area contributed by atoms with E-state index < -0.39 is 5.91 Å². The number of carbonyl (C=O) groups is 3. The smallest absolute Gasteiger partial charge is 0.255 e. The van der Waals surface area contributed by atoms with Crippen LogP contribution >= 0.6 is 0 Å². The Morgan fingerprint density at radius 3 is 2.63 bits per heavy atom. The molecule has 0 bridgehead atoms. The van der Waals surface area contributed by atoms with Crippen molar-refractivity contribution in [3.05, 3.63) is 59.2 Å². The lowest BCUT2D eigenvalue weighted by Crippen LogP contribution is -2.27. The molecular formula is C20H21N3O4. The Morgan fingerprint density at radius 2 is 1.93 bits per heavy atom. The number of anilines is 1. The number of primary amides is 1. The first-order chi connectivity index (χ1) is 12.9. The van der Waals surface area contributed by atoms with Gasteiger partial charge in [0.1, 0.15) is 5.75 Å². The maximum Gasteiger partial charge on any atom is 0.255 e. The van der Waals surface area contributed by atoms with Crippen molar-refractivity contribution in [1.29, 1.82) is 0 Å². The van der Waals surface area contributed by atoms with Gasteiger partial charge in [-0.15, -0.1) is 0 Å². The maximum absolute atomic E-state index is 12.5. The van der Waals surface area contributed by atoms with Gasteiger partial charge in [0, 0.05) is 17.7 Å². The molecule has 1 heterocycles. The standard InChI is InChI=1S/C20H21N3O4/c1-12(14-4-8-17-15(10-14)5-9-19(25)23-17)22-20(26)13-2-6-16(7-3-13)27-11-18(21)24/h2-4,6-8,10,12H,5,9,11H2,1H3,(H2,21,24)(H,22,26)(H,23,25). The number of carbonyl (C=O) groups excluding carboxylic acids is 3. The molecule has 7 nitrogen and oxygen atoms in total. The number of hydrogen-bond acceptors (Lipinski definition) is 4. The van der Waals surface area contributed by atoms with Crippen molar-refractivity contribution in [1.82, 2.24) is 5.32 Å². The molecule has 1 aliphatic rings. The summed E-state index contributed by atoms with van der Waals surface area (Å²) in [5, 5.41) is 5.80. The number of nitrogens with one attached hydrogen (secondary N) is 2. The van der Waals surface area contributed by atoms with Crippen LogP contribution in [-0.4, -0.2) is 24.3 Å². The minimum Gasteiger partial charge on any atom is -0.484 e. The van der Waals surface area contributed by atoms with E-state index in [1.54, 1.807) is 24.3 Å². The Morgan fingerprint density at radius 1 is 1.19 bits per heavy atom. The number of aryl methyl sites for hydroxylation is 1. The van der Waals surface area contributed by atoms with Crippen LogP contribution in [0.5, 0.6) is 5.75 Å². The SMILES string of the molecule is CC(NC(=O)c1ccc(OCC(N)=O)cc1)c1ccc2c(c1)CCC(=O)N2. The Bertz CT molecular complexity index is 877. The van der Waals surface area contributed by atoms with Gasteiger partial charge in [-0.1, -0.05) is 12.1 Å². The van der Waals surface area contributed by atoms with Gasteiger partial charge in [0.15, 0.2) is 6.61 Å². The quantitative estimate of drug-likeness (QED) is 0.724. The first-order valence-corrected chi connectivity index (χ1v) is 8.67. The van der Waals surface area contributed by atoms with Crippen molar-refractivity contribution in [3.63, 3.8) is 0 Å². The maximum atomic E-state index is 12.5. The molecule has 0 fully saturated rings. The van der Waals surface area contributed by atoms with E-state index in [-0.39, 0.29) is 24.5 Å². The Hall–Kier alpha value is -3.35. The largest absolute Gasteiger partial charge is 0.484 e. The summed E-state index contributed by atoms with van der Waals surface area (Å²) in [5.41, 5.74) is 8.39. The molecule has 0 spiro atoms. The molecule has 1 atom stereocenters. The molecule has 3 rings (SSSR count). The summed E-state index contributed by atoms with van der Waals surface area (Å²) in [6.07, 6.45) is 1.17. The van der Waals surface area contributed by atoms with Crippen molar-refractivity contribution >= 4 is 23.4 Å². The predicted molar refractivity (Wildman–Crippen MR) is 100 cm³/mol. The molecule has 7 heteroatoms. The highest BCUT2D eigenvalue weighted by molar-refractivity contribution is 5.95. The molecule has 3 amide bonds. The monoisotopic (exact) mass is 367 g/mol. The van der Waals surface area contributed by atoms with Crippen molar-refractivity contribution in [3.8, 4) is 5.75 Å². The van der Waals surface area contributed by atoms with Crippen LogP contribution in [0, 0.1) is 0 Å². The Kier molecular flexibility index (Phi) is 5.40. The normalized spacial score (nSPS) is 13.9. The molecule has 0 aliphatic carbocycles. The number of fused-ring (bicyclic) bond motifs is 1. The minimum absolute atomic E-state index is 0.0276. The fourth-order valence-corrected chi connectivity index (χ4v) is 2.89. The third-order valence-corrected chi connectivity index (χ3v) is 4.37. The topological polar surface area (TPSA) is 111 Å². The summed E-state index contributed by atoms with van der Waals surface area (Å²) in [7, 11) is 0. The fraction of sp³-hybridized carbons (Fsp3) is 0.250. The zero-order chi connectivity index (χ0) is 19.4. The molecule has 140 valence electrons. The van der Waals surface area contributed by atoms with Crippen LogP contribution in [-0.2, 0) is 16.0 Å². The lowest BCUT2D eigenvalue weighted by atomic mass is 9.97. The average molecular weight is 367 g/mol. The number of hydrogen-bond donors (Lipinski definition) is 3. The van der Waals surface area contributed by atoms with E-state index in [2.05, 4.69) is 10.6 Å². The molecule has 0 saturated carbocycles. The lowest BCUT2D eigenvalue weighted by molar-refractivity contribution is -0.120. The molecule has 4 N–H and O–H groups in total. The van der Waals surface area contributed by atoms with E-state index in [4.69, 9.17) is 10.5 Å². The molecule has 1 aliphatic heterocycles. The number of amides is 3. The van der Waals surface area contributed by atoms with Crippen LogP contribution < -0.4 is 21.1 Å². The Labute approximate surface area is 156 Å². The number of rotatable bonds is 6. The molecule has 0 aromatic heterocycles. The molecule has 2 aromatic carbocycles. The van der Waals surface area contributed by atoms with Gasteiger partial charge in [0.25, 0.3) is 11.8 Å². The zero-order valence-corrected chi connectivity index (χ0v) is 15.0. The first-order valence-electron chi connectivity index (χ1n) is 8.67. The molecule has 0 radical (unpaired) electrons. The van der Waals surface area contributed by atoms with Crippen molar-refractivity contribution in [2.45, 2.75) is 25.8 Å². The highest BCUT2D eigenvalue weighted by atomic mass is 16.5. The van der Waals surface area contributed by atoms with E-state index >= 15 is 0 Å². The van der Waals surface area contributed by atoms with Gasteiger partial charge in [0.05, 0.1) is 6.04 Å². The van der Waals surface area contributed by atoms with E-state index in [9.17, 15) is 14.4 Å². The van der Waals surface area contributed by atoms with Crippen LogP contribution in [0.4, 0.5) is 5.69 Å². The van der Waals surface area contributed by atoms with Crippen molar-refractivity contribution in [2.75, 3.05) is 11.9 Å². The second-order valence-electron chi connectivity index (χ2n) is 6.44. The van der Waals surface area contributed by atoms with Crippen LogP contribution in [0.25, 0.3) is 0 Å². The molecular weight excluding hydrogens is 346 g/mol. The summed E-state index contributed by atoms with van der Waals surface area (Å²) < 4.78 is 5.18. The zero-order valence-electron chi connectivity index (χ0n) is 15.0. The van der Waals surface area contributed by atoms with Crippen LogP contribution in [0.15, 0.2) is 42.5 Å².